The number of hydrogen-bond acceptors (Lipinski definition) is 18. The maximum Gasteiger partial charge on any atom is 0.412 e. The molecule has 5 aliphatic rings. The van der Waals surface area contributed by atoms with Crippen LogP contribution in [0, 0.1) is 66.6 Å². The number of imidazole rings is 1. The van der Waals surface area contributed by atoms with Crippen molar-refractivity contribution in [3.05, 3.63) is 104 Å². The monoisotopic (exact) mass is 1170 g/mol. The summed E-state index contributed by atoms with van der Waals surface area (Å²) in [5.74, 6) is 4.26. The molecule has 23 heteroatoms. The Labute approximate surface area is 485 Å². The molecule has 2 aromatic carbocycles. The van der Waals surface area contributed by atoms with Crippen LogP contribution in [0.3, 0.4) is 0 Å². The zero-order valence-corrected chi connectivity index (χ0v) is 49.1. The number of anilines is 1. The van der Waals surface area contributed by atoms with Crippen LogP contribution in [0.2, 0.25) is 0 Å². The van der Waals surface area contributed by atoms with Crippen molar-refractivity contribution in [2.24, 2.45) is 46.3 Å². The average Bonchev–Trinajstić information content (AvgIpc) is 1.91. The van der Waals surface area contributed by atoms with E-state index in [4.69, 9.17) is 27.3 Å². The second kappa shape index (κ2) is 26.9. The molecule has 0 radical (unpaired) electrons. The van der Waals surface area contributed by atoms with Gasteiger partial charge in [-0.15, -0.1) is 0 Å². The smallest absolute Gasteiger partial charge is 0.412 e. The zero-order chi connectivity index (χ0) is 59.1. The highest BCUT2D eigenvalue weighted by atomic mass is 32.3. The van der Waals surface area contributed by atoms with Crippen LogP contribution >= 0.6 is 0 Å². The van der Waals surface area contributed by atoms with Gasteiger partial charge in [-0.25, -0.2) is 28.1 Å². The number of rotatable bonds is 27. The van der Waals surface area contributed by atoms with Crippen LogP contribution in [0.25, 0.3) is 11.2 Å². The van der Waals surface area contributed by atoms with Crippen LogP contribution < -0.4 is 5.32 Å². The number of carbonyl (C=O) groups excluding carboxylic acids is 2. The van der Waals surface area contributed by atoms with E-state index >= 15 is 0 Å². The molecule has 1 amide bonds. The Morgan fingerprint density at radius 1 is 0.843 bits per heavy atom. The number of ether oxygens (including phenoxy) is 4. The number of nitrogens with zero attached hydrogens (tertiary/aromatic N) is 6. The summed E-state index contributed by atoms with van der Waals surface area (Å²) >= 11 is 0. The Bertz CT molecular complexity index is 3050. The molecule has 9 rings (SSSR count). The topological polar surface area (TPSA) is 286 Å². The van der Waals surface area contributed by atoms with Crippen molar-refractivity contribution in [2.45, 2.75) is 174 Å². The largest absolute Gasteiger partial charge is 0.462 e. The van der Waals surface area contributed by atoms with E-state index in [0.29, 0.717) is 41.7 Å². The number of aliphatic hydroxyl groups excluding tert-OH is 1. The van der Waals surface area contributed by atoms with Crippen molar-refractivity contribution in [2.75, 3.05) is 31.7 Å². The lowest BCUT2D eigenvalue weighted by Crippen LogP contribution is -2.51. The van der Waals surface area contributed by atoms with Gasteiger partial charge in [-0.1, -0.05) is 96.2 Å². The fourth-order valence-electron chi connectivity index (χ4n) is 14.7. The number of nitro groups is 2. The molecule has 83 heavy (non-hydrogen) atoms. The minimum Gasteiger partial charge on any atom is -0.462 e. The Morgan fingerprint density at radius 3 is 2.24 bits per heavy atom. The van der Waals surface area contributed by atoms with E-state index in [1.54, 1.807) is 12.1 Å². The minimum absolute atomic E-state index is 0.0511. The second-order valence-corrected chi connectivity index (χ2v) is 25.7. The van der Waals surface area contributed by atoms with E-state index in [0.717, 1.165) is 61.6 Å². The second-order valence-electron chi connectivity index (χ2n) is 24.5. The Hall–Kier alpha value is -5.98. The van der Waals surface area contributed by atoms with Gasteiger partial charge < -0.3 is 24.1 Å². The number of allylic oxidation sites excluding steroid dienone is 1. The number of nitrogens with one attached hydrogen (secondary N) is 1. The Balaban J connectivity index is 0.786. The molecule has 4 fully saturated rings. The van der Waals surface area contributed by atoms with Gasteiger partial charge in [0.15, 0.2) is 29.3 Å². The lowest BCUT2D eigenvalue weighted by Gasteiger charge is -2.58. The zero-order valence-electron chi connectivity index (χ0n) is 48.3. The molecule has 2 N–H and O–H groups in total. The fourth-order valence-corrected chi connectivity index (χ4v) is 15.5. The molecule has 1 saturated heterocycles. The van der Waals surface area contributed by atoms with Gasteiger partial charge in [0.25, 0.3) is 11.4 Å². The summed E-state index contributed by atoms with van der Waals surface area (Å²) in [5, 5.41) is 35.3. The summed E-state index contributed by atoms with van der Waals surface area (Å²) in [6.45, 7) is 11.3. The first-order valence-electron chi connectivity index (χ1n) is 29.7. The average molecular weight is 1170 g/mol. The number of aromatic nitrogens is 4. The van der Waals surface area contributed by atoms with E-state index < -0.39 is 57.5 Å². The molecule has 12 atom stereocenters. The lowest BCUT2D eigenvalue weighted by molar-refractivity contribution is -0.385. The molecule has 0 unspecified atom stereocenters. The van der Waals surface area contributed by atoms with Gasteiger partial charge in [-0.05, 0) is 122 Å². The number of hydrogen-bond donors (Lipinski definition) is 2. The van der Waals surface area contributed by atoms with Crippen LogP contribution in [-0.4, -0.2) is 106 Å². The van der Waals surface area contributed by atoms with Crippen LogP contribution in [-0.2, 0) is 55.3 Å². The summed E-state index contributed by atoms with van der Waals surface area (Å²) in [6.07, 6.45) is 14.1. The predicted molar refractivity (Wildman–Crippen MR) is 306 cm³/mol. The van der Waals surface area contributed by atoms with Crippen LogP contribution in [0.4, 0.5) is 22.0 Å². The van der Waals surface area contributed by atoms with Crippen LogP contribution in [0.15, 0.2) is 72.8 Å². The first kappa shape index (κ1) is 61.6. The fraction of sp³-hybridized carbons (Fsp3) is 0.650. The number of nitro benzene ring substituents is 2. The molecule has 3 saturated carbocycles. The van der Waals surface area contributed by atoms with E-state index in [9.17, 15) is 43.3 Å². The van der Waals surface area contributed by atoms with Gasteiger partial charge in [0.1, 0.15) is 24.6 Å². The maximum absolute atomic E-state index is 13.6. The van der Waals surface area contributed by atoms with E-state index in [1.807, 2.05) is 0 Å². The van der Waals surface area contributed by atoms with E-state index in [-0.39, 0.29) is 84.9 Å². The Kier molecular flexibility index (Phi) is 20.0. The molecule has 22 nitrogen and oxygen atoms in total. The summed E-state index contributed by atoms with van der Waals surface area (Å²) in [4.78, 5) is 60.3. The van der Waals surface area contributed by atoms with E-state index in [1.165, 1.54) is 97.8 Å². The number of esters is 1. The minimum atomic E-state index is -4.82. The molecular weight excluding hydrogens is 1090 g/mol. The molecule has 452 valence electrons. The number of aliphatic hydroxyl groups is 1. The van der Waals surface area contributed by atoms with Crippen molar-refractivity contribution in [1.82, 2.24) is 19.5 Å². The number of fused-ring (bicyclic) bond motifs is 6. The highest BCUT2D eigenvalue weighted by Crippen LogP contribution is 2.67. The summed E-state index contributed by atoms with van der Waals surface area (Å²) in [5.41, 5.74) is 3.29. The van der Waals surface area contributed by atoms with Crippen molar-refractivity contribution in [3.8, 4) is 0 Å². The number of benzene rings is 2. The highest BCUT2D eigenvalue weighted by molar-refractivity contribution is 7.81. The normalized spacial score (nSPS) is 28.0. The van der Waals surface area contributed by atoms with Crippen LogP contribution in [0.5, 0.6) is 0 Å². The van der Waals surface area contributed by atoms with Crippen LogP contribution in [0.1, 0.15) is 148 Å². The molecule has 0 bridgehead atoms. The molecule has 0 spiro atoms. The molecule has 4 aliphatic carbocycles. The third-order valence-electron chi connectivity index (χ3n) is 19.0. The molecular formula is C60H81N7O15S. The third kappa shape index (κ3) is 14.4. The van der Waals surface area contributed by atoms with Crippen molar-refractivity contribution in [3.63, 3.8) is 0 Å². The van der Waals surface area contributed by atoms with Crippen molar-refractivity contribution in [1.29, 1.82) is 0 Å². The van der Waals surface area contributed by atoms with Gasteiger partial charge in [0.05, 0.1) is 36.0 Å². The van der Waals surface area contributed by atoms with E-state index in [2.05, 4.69) is 61.0 Å². The highest BCUT2D eigenvalue weighted by Gasteiger charge is 2.59. The number of amides is 1. The SMILES string of the molecule is CC(C)CCC[C@@H](C)[C@H]1CC[C@H]2[C@@H]3CC=C4C[C@@H](OC(=O)CCCCCO[C@H]5[C@@H](OS(=O)(=O)OCCc6ccc([N+](=O)[O-])cc6)[C@H](n6cnc7c(NC(=O)OCCc8ccc([N+](=O)[O-])cc8)ncnc76)O[C@@H]5CO)CC[C@]4(C)[C@H]3CC[C@]12C. The van der Waals surface area contributed by atoms with Crippen molar-refractivity contribution < 1.29 is 60.3 Å². The van der Waals surface area contributed by atoms with Gasteiger partial charge in [-0.3, -0.25) is 34.9 Å². The summed E-state index contributed by atoms with van der Waals surface area (Å²) in [7, 11) is -4.82. The molecule has 4 aromatic rings. The number of carbonyl (C=O) groups is 2. The predicted octanol–water partition coefficient (Wildman–Crippen LogP) is 11.1. The van der Waals surface area contributed by atoms with Crippen molar-refractivity contribution >= 4 is 50.8 Å². The lowest BCUT2D eigenvalue weighted by atomic mass is 9.47. The quantitative estimate of drug-likeness (QED) is 0.0184. The maximum atomic E-state index is 13.6. The first-order chi connectivity index (χ1) is 39.8. The summed E-state index contributed by atoms with van der Waals surface area (Å²) in [6, 6.07) is 11.4. The standard InChI is InChI=1S/C60H81N7O15S/c1-38(2)10-9-11-39(3)47-23-24-48-46-22-17-42-34-45(25-29-59(42,4)49(46)26-30-60(47,48)5)80-51(69)12-7-6-8-31-77-53-50(35-68)81-57(54(53)82-83(75,76)79-33-28-41-15-20-44(21-16-41)67(73)74)65-37-63-52-55(61-36-62-56(52)65)64-58(70)78-32-27-40-13-18-43(19-14-40)66(71)72/h13-21,36-39,45-50,53-54,57,68H,6-12,22-35H2,1-5H3,(H,61,62,64,70)/t39-,45+,46+,47-,48+,49+,50-,53-,54-,57-,59+,60-/m1/s1. The summed E-state index contributed by atoms with van der Waals surface area (Å²) < 4.78 is 63.6. The first-order valence-corrected chi connectivity index (χ1v) is 31.0. The van der Waals surface area contributed by atoms with Gasteiger partial charge in [0, 0.05) is 50.1 Å². The third-order valence-corrected chi connectivity index (χ3v) is 19.9. The molecule has 3 heterocycles. The number of unbranched alkanes of at least 4 members (excludes halogenated alkanes) is 2. The molecule has 2 aromatic heterocycles. The van der Waals surface area contributed by atoms with Gasteiger partial charge in [-0.2, -0.15) is 8.42 Å². The number of non-ortho nitro benzene ring substituents is 2. The van der Waals surface area contributed by atoms with Gasteiger partial charge in [0.2, 0.25) is 0 Å². The van der Waals surface area contributed by atoms with Gasteiger partial charge >= 0.3 is 22.5 Å². The molecule has 1 aliphatic heterocycles. The Morgan fingerprint density at radius 2 is 1.55 bits per heavy atom.